The summed E-state index contributed by atoms with van der Waals surface area (Å²) in [5.74, 6) is 1.21. The zero-order valence-corrected chi connectivity index (χ0v) is 20.6. The molecule has 5 rings (SSSR count). The van der Waals surface area contributed by atoms with Crippen molar-refractivity contribution in [1.82, 2.24) is 14.8 Å². The number of nitrogens with one attached hydrogen (secondary N) is 1. The SMILES string of the molecule is CCCCCOc1ccc(C(=O)Nc2cc(C)nn2-c2nc3cc4c(cc3s2)CCCC4)cc1. The number of carbonyl (C=O) groups excluding carboxylic acids is 1. The van der Waals surface area contributed by atoms with Crippen LogP contribution in [0.1, 0.15) is 66.2 Å². The minimum absolute atomic E-state index is 0.185. The summed E-state index contributed by atoms with van der Waals surface area (Å²) in [7, 11) is 0. The van der Waals surface area contributed by atoms with Crippen molar-refractivity contribution in [3.05, 3.63) is 64.8 Å². The summed E-state index contributed by atoms with van der Waals surface area (Å²) in [4.78, 5) is 17.8. The topological polar surface area (TPSA) is 69.0 Å². The number of fused-ring (bicyclic) bond motifs is 2. The molecule has 0 aliphatic heterocycles. The first-order valence-corrected chi connectivity index (χ1v) is 13.0. The largest absolute Gasteiger partial charge is 0.494 e. The highest BCUT2D eigenvalue weighted by atomic mass is 32.1. The molecule has 0 saturated heterocycles. The smallest absolute Gasteiger partial charge is 0.256 e. The Balaban J connectivity index is 1.34. The number of unbranched alkanes of at least 4 members (excludes halogenated alkanes) is 2. The molecule has 176 valence electrons. The first-order chi connectivity index (χ1) is 16.6. The van der Waals surface area contributed by atoms with Crippen molar-refractivity contribution in [2.75, 3.05) is 11.9 Å². The lowest BCUT2D eigenvalue weighted by atomic mass is 9.92. The van der Waals surface area contributed by atoms with Gasteiger partial charge in [0.05, 0.1) is 22.5 Å². The molecule has 34 heavy (non-hydrogen) atoms. The molecule has 0 atom stereocenters. The molecule has 2 aromatic carbocycles. The zero-order valence-electron chi connectivity index (χ0n) is 19.8. The Morgan fingerprint density at radius 3 is 2.62 bits per heavy atom. The second kappa shape index (κ2) is 9.97. The van der Waals surface area contributed by atoms with Crippen LogP contribution in [-0.2, 0) is 12.8 Å². The summed E-state index contributed by atoms with van der Waals surface area (Å²) in [5, 5.41) is 8.39. The van der Waals surface area contributed by atoms with E-state index >= 15 is 0 Å². The molecule has 0 spiro atoms. The van der Waals surface area contributed by atoms with Crippen LogP contribution in [0.25, 0.3) is 15.3 Å². The molecule has 0 fully saturated rings. The summed E-state index contributed by atoms with van der Waals surface area (Å²) in [6, 6.07) is 13.7. The number of thiazole rings is 1. The average Bonchev–Trinajstić information content (AvgIpc) is 3.42. The van der Waals surface area contributed by atoms with Crippen LogP contribution in [0.5, 0.6) is 5.75 Å². The van der Waals surface area contributed by atoms with Crippen LogP contribution >= 0.6 is 11.3 Å². The Hall–Kier alpha value is -3.19. The molecule has 1 aliphatic carbocycles. The number of carbonyl (C=O) groups is 1. The quantitative estimate of drug-likeness (QED) is 0.296. The number of anilines is 1. The Labute approximate surface area is 204 Å². The molecule has 1 N–H and O–H groups in total. The highest BCUT2D eigenvalue weighted by molar-refractivity contribution is 7.20. The third-order valence-electron chi connectivity index (χ3n) is 6.23. The van der Waals surface area contributed by atoms with E-state index in [4.69, 9.17) is 9.72 Å². The number of hydrogen-bond donors (Lipinski definition) is 1. The third-order valence-corrected chi connectivity index (χ3v) is 7.22. The van der Waals surface area contributed by atoms with Crippen molar-refractivity contribution < 1.29 is 9.53 Å². The van der Waals surface area contributed by atoms with Crippen LogP contribution in [0, 0.1) is 6.92 Å². The van der Waals surface area contributed by atoms with Crippen LogP contribution in [0.15, 0.2) is 42.5 Å². The molecule has 0 radical (unpaired) electrons. The normalized spacial score (nSPS) is 13.1. The van der Waals surface area contributed by atoms with Crippen molar-refractivity contribution >= 4 is 33.3 Å². The van der Waals surface area contributed by atoms with Crippen molar-refractivity contribution in [2.45, 2.75) is 58.8 Å². The van der Waals surface area contributed by atoms with E-state index in [0.29, 0.717) is 18.0 Å². The average molecular weight is 475 g/mol. The highest BCUT2D eigenvalue weighted by Gasteiger charge is 2.18. The van der Waals surface area contributed by atoms with Gasteiger partial charge >= 0.3 is 0 Å². The lowest BCUT2D eigenvalue weighted by molar-refractivity contribution is 0.102. The second-order valence-electron chi connectivity index (χ2n) is 8.91. The molecule has 4 aromatic rings. The van der Waals surface area contributed by atoms with Gasteiger partial charge in [-0.2, -0.15) is 9.78 Å². The van der Waals surface area contributed by atoms with Gasteiger partial charge in [0.1, 0.15) is 11.6 Å². The van der Waals surface area contributed by atoms with Gasteiger partial charge in [0.15, 0.2) is 0 Å². The van der Waals surface area contributed by atoms with Crippen LogP contribution in [-0.4, -0.2) is 27.3 Å². The van der Waals surface area contributed by atoms with Crippen molar-refractivity contribution in [3.8, 4) is 10.9 Å². The lowest BCUT2D eigenvalue weighted by Gasteiger charge is -2.14. The first kappa shape index (κ1) is 22.6. The van der Waals surface area contributed by atoms with E-state index in [2.05, 4.69) is 29.5 Å². The standard InChI is InChI=1S/C27H30N4O2S/c1-3-4-7-14-33-22-12-10-19(11-13-22)26(32)29-25-15-18(2)30-31(25)27-28-23-16-20-8-5-6-9-21(20)17-24(23)34-27/h10-13,15-17H,3-9,14H2,1-2H3,(H,29,32). The van der Waals surface area contributed by atoms with Gasteiger partial charge in [-0.05, 0) is 86.6 Å². The minimum Gasteiger partial charge on any atom is -0.494 e. The van der Waals surface area contributed by atoms with Crippen LogP contribution in [0.3, 0.4) is 0 Å². The van der Waals surface area contributed by atoms with Gasteiger partial charge in [-0.15, -0.1) is 0 Å². The van der Waals surface area contributed by atoms with Crippen LogP contribution in [0.4, 0.5) is 5.82 Å². The highest BCUT2D eigenvalue weighted by Crippen LogP contribution is 2.32. The van der Waals surface area contributed by atoms with Gasteiger partial charge in [0.25, 0.3) is 5.91 Å². The maximum absolute atomic E-state index is 13.0. The molecule has 0 saturated carbocycles. The van der Waals surface area contributed by atoms with Gasteiger partial charge in [-0.1, -0.05) is 31.1 Å². The fraction of sp³-hybridized carbons (Fsp3) is 0.370. The van der Waals surface area contributed by atoms with Crippen molar-refractivity contribution in [2.24, 2.45) is 0 Å². The summed E-state index contributed by atoms with van der Waals surface area (Å²) in [5.41, 5.74) is 5.25. The minimum atomic E-state index is -0.185. The Morgan fingerprint density at radius 2 is 1.85 bits per heavy atom. The van der Waals surface area contributed by atoms with E-state index in [1.807, 2.05) is 25.1 Å². The number of aryl methyl sites for hydroxylation is 3. The molecule has 1 amide bonds. The molecule has 2 heterocycles. The van der Waals surface area contributed by atoms with E-state index in [0.717, 1.165) is 58.9 Å². The Bertz CT molecular complexity index is 1260. The first-order valence-electron chi connectivity index (χ1n) is 12.1. The number of rotatable bonds is 8. The molecule has 0 unspecified atom stereocenters. The van der Waals surface area contributed by atoms with E-state index in [9.17, 15) is 4.79 Å². The Morgan fingerprint density at radius 1 is 1.09 bits per heavy atom. The number of nitrogens with zero attached hydrogens (tertiary/aromatic N) is 3. The molecular formula is C27H30N4O2S. The van der Waals surface area contributed by atoms with Gasteiger partial charge in [-0.3, -0.25) is 4.79 Å². The van der Waals surface area contributed by atoms with Gasteiger partial charge in [-0.25, -0.2) is 4.98 Å². The monoisotopic (exact) mass is 474 g/mol. The number of benzene rings is 2. The molecule has 0 bridgehead atoms. The van der Waals surface area contributed by atoms with E-state index in [1.165, 1.54) is 24.0 Å². The molecule has 1 aliphatic rings. The van der Waals surface area contributed by atoms with Gasteiger partial charge in [0, 0.05) is 11.6 Å². The lowest BCUT2D eigenvalue weighted by Crippen LogP contribution is -2.15. The van der Waals surface area contributed by atoms with E-state index in [1.54, 1.807) is 28.2 Å². The van der Waals surface area contributed by atoms with Crippen LogP contribution in [0.2, 0.25) is 0 Å². The van der Waals surface area contributed by atoms with E-state index < -0.39 is 0 Å². The fourth-order valence-electron chi connectivity index (χ4n) is 4.40. The number of hydrogen-bond acceptors (Lipinski definition) is 5. The summed E-state index contributed by atoms with van der Waals surface area (Å²) >= 11 is 1.61. The predicted octanol–water partition coefficient (Wildman–Crippen LogP) is 6.49. The fourth-order valence-corrected chi connectivity index (χ4v) is 5.38. The second-order valence-corrected chi connectivity index (χ2v) is 9.92. The van der Waals surface area contributed by atoms with E-state index in [-0.39, 0.29) is 5.91 Å². The summed E-state index contributed by atoms with van der Waals surface area (Å²) in [6.45, 7) is 4.79. The van der Waals surface area contributed by atoms with Gasteiger partial charge < -0.3 is 10.1 Å². The predicted molar refractivity (Wildman–Crippen MR) is 138 cm³/mol. The number of ether oxygens (including phenoxy) is 1. The van der Waals surface area contributed by atoms with Crippen molar-refractivity contribution in [1.29, 1.82) is 0 Å². The summed E-state index contributed by atoms with van der Waals surface area (Å²) in [6.07, 6.45) is 8.13. The summed E-state index contributed by atoms with van der Waals surface area (Å²) < 4.78 is 8.66. The molecule has 6 nitrogen and oxygen atoms in total. The maximum Gasteiger partial charge on any atom is 0.256 e. The number of aromatic nitrogens is 3. The number of amides is 1. The third kappa shape index (κ3) is 4.85. The molecule has 2 aromatic heterocycles. The maximum atomic E-state index is 13.0. The molecule has 7 heteroatoms. The zero-order chi connectivity index (χ0) is 23.5. The Kier molecular flexibility index (Phi) is 6.63. The van der Waals surface area contributed by atoms with Crippen LogP contribution < -0.4 is 10.1 Å². The molecular weight excluding hydrogens is 444 g/mol. The van der Waals surface area contributed by atoms with Gasteiger partial charge in [0.2, 0.25) is 5.13 Å². The van der Waals surface area contributed by atoms with Crippen molar-refractivity contribution in [3.63, 3.8) is 0 Å².